The molecule has 2 aliphatic carbocycles. The Balaban J connectivity index is 1.37. The van der Waals surface area contributed by atoms with Crippen molar-refractivity contribution in [1.29, 1.82) is 0 Å². The number of fused-ring (bicyclic) bond motifs is 5. The van der Waals surface area contributed by atoms with Crippen molar-refractivity contribution in [3.63, 3.8) is 0 Å². The molecule has 4 fully saturated rings. The van der Waals surface area contributed by atoms with Crippen LogP contribution in [0.1, 0.15) is 96.2 Å². The second-order valence-electron chi connectivity index (χ2n) is 13.2. The van der Waals surface area contributed by atoms with Crippen molar-refractivity contribution in [2.75, 3.05) is 0 Å². The van der Waals surface area contributed by atoms with Crippen LogP contribution < -0.4 is 11.3 Å². The summed E-state index contributed by atoms with van der Waals surface area (Å²) in [5.74, 6) is -0.554. The molecule has 3 N–H and O–H groups in total. The summed E-state index contributed by atoms with van der Waals surface area (Å²) in [4.78, 5) is 50.7. The number of rotatable bonds is 7. The Morgan fingerprint density at radius 1 is 0.951 bits per heavy atom. The molecule has 0 radical (unpaired) electrons. The van der Waals surface area contributed by atoms with E-state index in [1.54, 1.807) is 10.6 Å². The van der Waals surface area contributed by atoms with E-state index in [-0.39, 0.29) is 11.7 Å². The van der Waals surface area contributed by atoms with Crippen LogP contribution in [-0.2, 0) is 14.4 Å². The lowest BCUT2D eigenvalue weighted by atomic mass is 9.68. The van der Waals surface area contributed by atoms with Crippen LogP contribution in [0.4, 0.5) is 0 Å². The number of carboxylic acids is 1. The maximum absolute atomic E-state index is 14.1. The molecule has 4 bridgehead atoms. The lowest BCUT2D eigenvalue weighted by Gasteiger charge is -2.55. The summed E-state index contributed by atoms with van der Waals surface area (Å²) in [5, 5.41) is 13.2. The predicted octanol–water partition coefficient (Wildman–Crippen LogP) is 3.99. The number of amides is 1. The summed E-state index contributed by atoms with van der Waals surface area (Å²) in [6.07, 6.45) is 13.4. The normalized spacial score (nSPS) is 30.6. The van der Waals surface area contributed by atoms with Gasteiger partial charge >= 0.3 is 5.97 Å². The molecule has 6 rings (SSSR count). The number of hydrogen-bond donors (Lipinski definition) is 2. The number of piperidine rings is 2. The summed E-state index contributed by atoms with van der Waals surface area (Å²) in [6.45, 7) is 2.60. The zero-order valence-electron chi connectivity index (χ0n) is 24.0. The molecule has 4 aliphatic rings. The van der Waals surface area contributed by atoms with Crippen LogP contribution >= 0.6 is 0 Å². The van der Waals surface area contributed by atoms with E-state index in [0.717, 1.165) is 37.5 Å². The summed E-state index contributed by atoms with van der Waals surface area (Å²) in [6, 6.07) is 8.82. The zero-order valence-corrected chi connectivity index (χ0v) is 24.0. The third kappa shape index (κ3) is 5.27. The quantitative estimate of drug-likeness (QED) is 0.383. The van der Waals surface area contributed by atoms with Gasteiger partial charge in [0.2, 0.25) is 5.60 Å². The van der Waals surface area contributed by atoms with Crippen LogP contribution in [0.2, 0.25) is 0 Å². The number of hydrogen-bond acceptors (Lipinski definition) is 7. The topological polar surface area (TPSA) is 140 Å². The lowest BCUT2D eigenvalue weighted by molar-refractivity contribution is -0.161. The van der Waals surface area contributed by atoms with Crippen molar-refractivity contribution in [3.8, 4) is 0 Å². The molecular weight excluding hydrogens is 522 g/mol. The third-order valence-corrected chi connectivity index (χ3v) is 10.0. The summed E-state index contributed by atoms with van der Waals surface area (Å²) in [5.41, 5.74) is 4.01. The molecule has 2 saturated heterocycles. The Labute approximate surface area is 239 Å². The molecule has 0 spiro atoms. The minimum absolute atomic E-state index is 0.0608. The minimum atomic E-state index is -1.72. The molecule has 10 heteroatoms. The zero-order chi connectivity index (χ0) is 28.9. The SMILES string of the molecule is CC(C)(O/N=C(\C(N)=O)c1nc2ccccc2n([C@H]2C[C@H]3CCC[C@@H](C2)N3C2C[C@H]3CCC[C@@H](C2)C3)c1=O)C(=O)O. The molecule has 1 aromatic carbocycles. The Morgan fingerprint density at radius 3 is 2.22 bits per heavy atom. The first-order valence-corrected chi connectivity index (χ1v) is 15.2. The number of nitrogens with zero attached hydrogens (tertiary/aromatic N) is 4. The van der Waals surface area contributed by atoms with E-state index < -0.39 is 28.7 Å². The fraction of sp³-hybridized carbons (Fsp3) is 0.645. The number of aromatic nitrogens is 2. The van der Waals surface area contributed by atoms with Crippen molar-refractivity contribution >= 4 is 28.6 Å². The molecule has 2 aromatic rings. The first-order valence-electron chi connectivity index (χ1n) is 15.2. The molecule has 3 heterocycles. The van der Waals surface area contributed by atoms with Gasteiger partial charge in [0.05, 0.1) is 11.0 Å². The Morgan fingerprint density at radius 2 is 1.59 bits per heavy atom. The number of oxime groups is 1. The van der Waals surface area contributed by atoms with E-state index in [2.05, 4.69) is 15.0 Å². The van der Waals surface area contributed by atoms with E-state index in [9.17, 15) is 19.5 Å². The number of nitrogens with two attached hydrogens (primary N) is 1. The molecule has 1 unspecified atom stereocenters. The van der Waals surface area contributed by atoms with Gasteiger partial charge < -0.3 is 20.2 Å². The Hall–Kier alpha value is -3.27. The van der Waals surface area contributed by atoms with Crippen molar-refractivity contribution in [1.82, 2.24) is 14.5 Å². The third-order valence-electron chi connectivity index (χ3n) is 10.0. The van der Waals surface area contributed by atoms with E-state index in [1.165, 1.54) is 58.8 Å². The molecule has 41 heavy (non-hydrogen) atoms. The Bertz CT molecular complexity index is 1410. The van der Waals surface area contributed by atoms with Crippen molar-refractivity contribution in [2.45, 2.75) is 114 Å². The van der Waals surface area contributed by atoms with Gasteiger partial charge in [0, 0.05) is 24.2 Å². The van der Waals surface area contributed by atoms with Gasteiger partial charge in [0.25, 0.3) is 11.5 Å². The van der Waals surface area contributed by atoms with Gasteiger partial charge in [-0.2, -0.15) is 0 Å². The van der Waals surface area contributed by atoms with Crippen LogP contribution in [0.25, 0.3) is 11.0 Å². The standard InChI is InChI=1S/C31H41N5O5/c1-31(2,30(39)40)41-34-26(28(32)37)27-29(38)36(25-12-4-3-11-24(25)33-27)23-16-20-9-6-10-21(17-23)35(20)22-14-18-7-5-8-19(13-18)15-22/h3-4,11-12,18-23H,5-10,13-17H2,1-2H3,(H2,32,37)(H,39,40)/b34-26-/t18-,19+,20-,21+,22?,23+. The van der Waals surface area contributed by atoms with Gasteiger partial charge in [-0.05, 0) is 82.8 Å². The second kappa shape index (κ2) is 10.9. The van der Waals surface area contributed by atoms with Crippen LogP contribution in [0.5, 0.6) is 0 Å². The van der Waals surface area contributed by atoms with Crippen LogP contribution in [0, 0.1) is 11.8 Å². The lowest BCUT2D eigenvalue weighted by Crippen LogP contribution is -2.58. The van der Waals surface area contributed by atoms with E-state index in [0.29, 0.717) is 29.2 Å². The van der Waals surface area contributed by atoms with Gasteiger partial charge in [-0.25, -0.2) is 9.78 Å². The van der Waals surface area contributed by atoms with E-state index in [4.69, 9.17) is 10.6 Å². The molecule has 1 aromatic heterocycles. The number of benzene rings is 1. The average molecular weight is 564 g/mol. The highest BCUT2D eigenvalue weighted by molar-refractivity contribution is 6.44. The molecule has 10 nitrogen and oxygen atoms in total. The Kier molecular flexibility index (Phi) is 7.38. The molecule has 1 amide bonds. The molecule has 2 aliphatic heterocycles. The number of primary amides is 1. The highest BCUT2D eigenvalue weighted by Gasteiger charge is 2.45. The number of aliphatic carboxylic acids is 1. The monoisotopic (exact) mass is 563 g/mol. The highest BCUT2D eigenvalue weighted by Crippen LogP contribution is 2.47. The minimum Gasteiger partial charge on any atom is -0.478 e. The summed E-state index contributed by atoms with van der Waals surface area (Å²) >= 11 is 0. The first kappa shape index (κ1) is 27.9. The van der Waals surface area contributed by atoms with Crippen molar-refractivity contribution in [3.05, 3.63) is 40.3 Å². The number of carbonyl (C=O) groups is 2. The van der Waals surface area contributed by atoms with E-state index in [1.807, 2.05) is 18.2 Å². The second-order valence-corrected chi connectivity index (χ2v) is 13.2. The first-order chi connectivity index (χ1) is 19.6. The van der Waals surface area contributed by atoms with Gasteiger partial charge in [-0.15, -0.1) is 0 Å². The maximum atomic E-state index is 14.1. The summed E-state index contributed by atoms with van der Waals surface area (Å²) < 4.78 is 1.79. The number of carboxylic acid groups (broad SMARTS) is 1. The fourth-order valence-corrected chi connectivity index (χ4v) is 8.21. The van der Waals surface area contributed by atoms with Gasteiger partial charge in [-0.1, -0.05) is 43.0 Å². The predicted molar refractivity (Wildman–Crippen MR) is 155 cm³/mol. The molecular formula is C31H41N5O5. The smallest absolute Gasteiger partial charge is 0.350 e. The van der Waals surface area contributed by atoms with E-state index >= 15 is 0 Å². The average Bonchev–Trinajstić information content (AvgIpc) is 2.92. The molecule has 2 saturated carbocycles. The van der Waals surface area contributed by atoms with Crippen LogP contribution in [0.15, 0.2) is 34.2 Å². The maximum Gasteiger partial charge on any atom is 0.350 e. The number of carbonyl (C=O) groups excluding carboxylic acids is 1. The highest BCUT2D eigenvalue weighted by atomic mass is 16.7. The fourth-order valence-electron chi connectivity index (χ4n) is 8.21. The molecule has 220 valence electrons. The number of para-hydroxylation sites is 2. The largest absolute Gasteiger partial charge is 0.478 e. The molecule has 6 atom stereocenters. The van der Waals surface area contributed by atoms with Crippen molar-refractivity contribution in [2.24, 2.45) is 22.7 Å². The van der Waals surface area contributed by atoms with Crippen LogP contribution in [-0.4, -0.2) is 60.9 Å². The van der Waals surface area contributed by atoms with Gasteiger partial charge in [0.1, 0.15) is 0 Å². The van der Waals surface area contributed by atoms with Gasteiger partial charge in [0.15, 0.2) is 11.4 Å². The summed E-state index contributed by atoms with van der Waals surface area (Å²) in [7, 11) is 0. The van der Waals surface area contributed by atoms with Crippen molar-refractivity contribution < 1.29 is 19.5 Å². The van der Waals surface area contributed by atoms with Crippen LogP contribution in [0.3, 0.4) is 0 Å². The van der Waals surface area contributed by atoms with Gasteiger partial charge in [-0.3, -0.25) is 14.5 Å².